The number of nitrogens with one attached hydrogen (secondary N) is 2. The molecule has 4 N–H and O–H groups in total. The zero-order chi connectivity index (χ0) is 21.4. The van der Waals surface area contributed by atoms with Crippen molar-refractivity contribution in [1.82, 2.24) is 15.5 Å². The molecule has 2 aromatic carbocycles. The summed E-state index contributed by atoms with van der Waals surface area (Å²) in [6.45, 7) is 4.65. The Morgan fingerprint density at radius 2 is 1.73 bits per heavy atom. The number of piperidine rings is 1. The van der Waals surface area contributed by atoms with Crippen LogP contribution >= 0.6 is 0 Å². The summed E-state index contributed by atoms with van der Waals surface area (Å²) in [4.78, 5) is 27.9. The Bertz CT molecular complexity index is 845. The van der Waals surface area contributed by atoms with Crippen molar-refractivity contribution in [3.8, 4) is 0 Å². The van der Waals surface area contributed by atoms with Crippen molar-refractivity contribution in [2.75, 3.05) is 26.2 Å². The number of carbonyl (C=O) groups excluding carboxylic acids is 2. The fraction of sp³-hybridized carbons (Fsp3) is 0.417. The summed E-state index contributed by atoms with van der Waals surface area (Å²) in [5.41, 5.74) is 7.91. The fourth-order valence-electron chi connectivity index (χ4n) is 3.94. The molecule has 1 fully saturated rings. The average molecular weight is 409 g/mol. The van der Waals surface area contributed by atoms with Crippen LogP contribution in [0.4, 0.5) is 0 Å². The molecule has 1 saturated heterocycles. The molecule has 0 aromatic heterocycles. The molecule has 0 bridgehead atoms. The third kappa shape index (κ3) is 5.26. The van der Waals surface area contributed by atoms with Gasteiger partial charge < -0.3 is 21.3 Å². The topological polar surface area (TPSA) is 87.5 Å². The molecule has 0 aliphatic carbocycles. The molecule has 2 amide bonds. The molecule has 1 aliphatic heterocycles. The van der Waals surface area contributed by atoms with E-state index >= 15 is 0 Å². The molecule has 0 saturated carbocycles. The van der Waals surface area contributed by atoms with E-state index in [4.69, 9.17) is 5.73 Å². The number of nitrogens with two attached hydrogens (primary N) is 1. The van der Waals surface area contributed by atoms with Gasteiger partial charge in [-0.15, -0.1) is 0 Å². The number of aryl methyl sites for hydroxylation is 1. The summed E-state index contributed by atoms with van der Waals surface area (Å²) in [6.07, 6.45) is 2.02. The third-order valence-electron chi connectivity index (χ3n) is 5.82. The number of rotatable bonds is 8. The number of hydrogen-bond acceptors (Lipinski definition) is 4. The van der Waals surface area contributed by atoms with Gasteiger partial charge in [0, 0.05) is 38.3 Å². The van der Waals surface area contributed by atoms with E-state index in [2.05, 4.69) is 17.6 Å². The van der Waals surface area contributed by atoms with E-state index in [0.29, 0.717) is 51.1 Å². The summed E-state index contributed by atoms with van der Waals surface area (Å²) in [7, 11) is 0. The molecule has 3 rings (SSSR count). The van der Waals surface area contributed by atoms with Crippen molar-refractivity contribution in [2.24, 2.45) is 5.73 Å². The van der Waals surface area contributed by atoms with Crippen LogP contribution in [0.2, 0.25) is 0 Å². The van der Waals surface area contributed by atoms with Crippen LogP contribution in [0.1, 0.15) is 41.3 Å². The number of amides is 2. The summed E-state index contributed by atoms with van der Waals surface area (Å²) in [5, 5.41) is 6.43. The van der Waals surface area contributed by atoms with Gasteiger partial charge in [-0.25, -0.2) is 0 Å². The Balaban J connectivity index is 1.65. The highest BCUT2D eigenvalue weighted by Crippen LogP contribution is 2.24. The maximum Gasteiger partial charge on any atom is 0.253 e. The summed E-state index contributed by atoms with van der Waals surface area (Å²) in [6, 6.07) is 17.7. The Labute approximate surface area is 178 Å². The van der Waals surface area contributed by atoms with Gasteiger partial charge in [0.1, 0.15) is 5.54 Å². The van der Waals surface area contributed by atoms with E-state index in [1.54, 1.807) is 0 Å². The lowest BCUT2D eigenvalue weighted by Gasteiger charge is -2.41. The van der Waals surface area contributed by atoms with Gasteiger partial charge in [0.15, 0.2) is 0 Å². The SMILES string of the molecule is CCc1cccc(C(=O)N2CCC(NCCN)(C(=O)NCc3ccccc3)CC2)c1. The standard InChI is InChI=1S/C24H32N4O2/c1-2-19-9-6-10-21(17-19)22(29)28-15-11-24(12-16-28,27-14-13-25)23(30)26-18-20-7-4-3-5-8-20/h3-10,17,27H,2,11-16,18,25H2,1H3,(H,26,30). The second-order valence-electron chi connectivity index (χ2n) is 7.81. The van der Waals surface area contributed by atoms with Gasteiger partial charge >= 0.3 is 0 Å². The number of carbonyl (C=O) groups is 2. The van der Waals surface area contributed by atoms with Gasteiger partial charge in [0.25, 0.3) is 5.91 Å². The van der Waals surface area contributed by atoms with Crippen LogP contribution in [0.25, 0.3) is 0 Å². The van der Waals surface area contributed by atoms with Crippen molar-refractivity contribution < 1.29 is 9.59 Å². The molecule has 0 atom stereocenters. The van der Waals surface area contributed by atoms with Gasteiger partial charge in [0.05, 0.1) is 0 Å². The molecule has 6 nitrogen and oxygen atoms in total. The van der Waals surface area contributed by atoms with Crippen LogP contribution in [-0.2, 0) is 17.8 Å². The van der Waals surface area contributed by atoms with Crippen LogP contribution in [-0.4, -0.2) is 48.4 Å². The number of nitrogens with zero attached hydrogens (tertiary/aromatic N) is 1. The molecule has 0 radical (unpaired) electrons. The Morgan fingerprint density at radius 3 is 2.40 bits per heavy atom. The van der Waals surface area contributed by atoms with Crippen molar-refractivity contribution in [2.45, 2.75) is 38.3 Å². The number of hydrogen-bond donors (Lipinski definition) is 3. The lowest BCUT2D eigenvalue weighted by atomic mass is 9.85. The monoisotopic (exact) mass is 408 g/mol. The lowest BCUT2D eigenvalue weighted by Crippen LogP contribution is -2.63. The molecule has 160 valence electrons. The van der Waals surface area contributed by atoms with E-state index < -0.39 is 5.54 Å². The van der Waals surface area contributed by atoms with E-state index in [9.17, 15) is 9.59 Å². The largest absolute Gasteiger partial charge is 0.350 e. The number of benzene rings is 2. The van der Waals surface area contributed by atoms with Crippen molar-refractivity contribution in [3.63, 3.8) is 0 Å². The lowest BCUT2D eigenvalue weighted by molar-refractivity contribution is -0.129. The molecule has 1 heterocycles. The summed E-state index contributed by atoms with van der Waals surface area (Å²) >= 11 is 0. The molecular formula is C24H32N4O2. The van der Waals surface area contributed by atoms with E-state index in [1.165, 1.54) is 0 Å². The summed E-state index contributed by atoms with van der Waals surface area (Å²) < 4.78 is 0. The molecule has 0 unspecified atom stereocenters. The highest BCUT2D eigenvalue weighted by Gasteiger charge is 2.41. The first kappa shape index (κ1) is 22.0. The molecule has 2 aromatic rings. The van der Waals surface area contributed by atoms with Gasteiger partial charge in [-0.05, 0) is 42.5 Å². The van der Waals surface area contributed by atoms with Crippen LogP contribution in [0.3, 0.4) is 0 Å². The highest BCUT2D eigenvalue weighted by molar-refractivity contribution is 5.95. The maximum atomic E-state index is 13.1. The van der Waals surface area contributed by atoms with Crippen LogP contribution in [0.5, 0.6) is 0 Å². The molecule has 30 heavy (non-hydrogen) atoms. The minimum atomic E-state index is -0.698. The minimum absolute atomic E-state index is 0.0279. The predicted molar refractivity (Wildman–Crippen MR) is 119 cm³/mol. The van der Waals surface area contributed by atoms with E-state index in [-0.39, 0.29) is 11.8 Å². The van der Waals surface area contributed by atoms with E-state index in [0.717, 1.165) is 17.5 Å². The average Bonchev–Trinajstić information content (AvgIpc) is 2.81. The first-order chi connectivity index (χ1) is 14.6. The van der Waals surface area contributed by atoms with Crippen LogP contribution in [0, 0.1) is 0 Å². The van der Waals surface area contributed by atoms with Gasteiger partial charge in [0.2, 0.25) is 5.91 Å². The van der Waals surface area contributed by atoms with Crippen molar-refractivity contribution >= 4 is 11.8 Å². The Hall–Kier alpha value is -2.70. The molecule has 1 aliphatic rings. The zero-order valence-electron chi connectivity index (χ0n) is 17.7. The molecule has 0 spiro atoms. The quantitative estimate of drug-likeness (QED) is 0.624. The molecule has 6 heteroatoms. The maximum absolute atomic E-state index is 13.1. The minimum Gasteiger partial charge on any atom is -0.350 e. The first-order valence-electron chi connectivity index (χ1n) is 10.7. The normalized spacial score (nSPS) is 15.6. The predicted octanol–water partition coefficient (Wildman–Crippen LogP) is 2.09. The van der Waals surface area contributed by atoms with Crippen molar-refractivity contribution in [1.29, 1.82) is 0 Å². The van der Waals surface area contributed by atoms with Crippen molar-refractivity contribution in [3.05, 3.63) is 71.3 Å². The van der Waals surface area contributed by atoms with Crippen LogP contribution in [0.15, 0.2) is 54.6 Å². The Kier molecular flexibility index (Phi) is 7.60. The fourth-order valence-corrected chi connectivity index (χ4v) is 3.94. The smallest absolute Gasteiger partial charge is 0.253 e. The Morgan fingerprint density at radius 1 is 1.03 bits per heavy atom. The van der Waals surface area contributed by atoms with Gasteiger partial charge in [-0.1, -0.05) is 49.4 Å². The third-order valence-corrected chi connectivity index (χ3v) is 5.82. The molecular weight excluding hydrogens is 376 g/mol. The highest BCUT2D eigenvalue weighted by atomic mass is 16.2. The summed E-state index contributed by atoms with van der Waals surface area (Å²) in [5.74, 6) is 0.00213. The van der Waals surface area contributed by atoms with E-state index in [1.807, 2.05) is 59.5 Å². The second-order valence-corrected chi connectivity index (χ2v) is 7.81. The first-order valence-corrected chi connectivity index (χ1v) is 10.7. The second kappa shape index (κ2) is 10.4. The van der Waals surface area contributed by atoms with Crippen LogP contribution < -0.4 is 16.4 Å². The zero-order valence-corrected chi connectivity index (χ0v) is 17.7. The van der Waals surface area contributed by atoms with Gasteiger partial charge in [-0.2, -0.15) is 0 Å². The number of likely N-dealkylation sites (tertiary alicyclic amines) is 1. The van der Waals surface area contributed by atoms with Gasteiger partial charge in [-0.3, -0.25) is 9.59 Å².